The van der Waals surface area contributed by atoms with E-state index in [0.29, 0.717) is 17.8 Å². The van der Waals surface area contributed by atoms with Crippen molar-refractivity contribution in [2.24, 2.45) is 0 Å². The zero-order chi connectivity index (χ0) is 13.2. The summed E-state index contributed by atoms with van der Waals surface area (Å²) in [6, 6.07) is 5.60. The van der Waals surface area contributed by atoms with E-state index in [4.69, 9.17) is 10.5 Å². The number of para-hydroxylation sites is 1. The number of nitrogen functional groups attached to an aromatic ring is 1. The van der Waals surface area contributed by atoms with E-state index in [-0.39, 0.29) is 11.5 Å². The van der Waals surface area contributed by atoms with E-state index in [1.165, 1.54) is 0 Å². The number of nitrogens with one attached hydrogen (secondary N) is 1. The van der Waals surface area contributed by atoms with Gasteiger partial charge in [0.15, 0.2) is 0 Å². The topological polar surface area (TPSA) is 64.3 Å². The fourth-order valence-corrected chi connectivity index (χ4v) is 2.36. The van der Waals surface area contributed by atoms with Gasteiger partial charge >= 0.3 is 0 Å². The Balaban J connectivity index is 2.03. The molecule has 0 saturated heterocycles. The third-order valence-electron chi connectivity index (χ3n) is 3.75. The van der Waals surface area contributed by atoms with Crippen LogP contribution in [0.25, 0.3) is 0 Å². The molecule has 1 amide bonds. The predicted molar refractivity (Wildman–Crippen MR) is 72.4 cm³/mol. The fourth-order valence-electron chi connectivity index (χ4n) is 2.36. The molecular weight excluding hydrogens is 228 g/mol. The fraction of sp³-hybridized carbons (Fsp3) is 0.500. The number of rotatable bonds is 4. The summed E-state index contributed by atoms with van der Waals surface area (Å²) < 4.78 is 5.45. The second-order valence-corrected chi connectivity index (χ2v) is 5.00. The number of nitrogens with two attached hydrogens (primary N) is 1. The van der Waals surface area contributed by atoms with Crippen molar-refractivity contribution >= 4 is 17.3 Å². The van der Waals surface area contributed by atoms with Gasteiger partial charge in [-0.3, -0.25) is 4.79 Å². The van der Waals surface area contributed by atoms with E-state index in [0.717, 1.165) is 24.8 Å². The molecule has 1 aromatic rings. The molecule has 0 spiro atoms. The number of anilines is 2. The van der Waals surface area contributed by atoms with Crippen molar-refractivity contribution in [3.05, 3.63) is 23.8 Å². The number of aryl methyl sites for hydroxylation is 1. The molecule has 3 N–H and O–H groups in total. The van der Waals surface area contributed by atoms with Crippen molar-refractivity contribution in [1.82, 2.24) is 0 Å². The van der Waals surface area contributed by atoms with Crippen LogP contribution in [0.3, 0.4) is 0 Å². The van der Waals surface area contributed by atoms with Crippen LogP contribution in [0, 0.1) is 6.92 Å². The largest absolute Gasteiger partial charge is 0.397 e. The summed E-state index contributed by atoms with van der Waals surface area (Å²) in [6.07, 6.45) is 3.45. The molecule has 1 saturated carbocycles. The number of hydrogen-bond acceptors (Lipinski definition) is 3. The SMILES string of the molecule is COC1(CC(=O)Nc2c(C)cccc2N)CCC1. The Labute approximate surface area is 108 Å². The highest BCUT2D eigenvalue weighted by atomic mass is 16.5. The molecule has 1 aliphatic carbocycles. The first-order valence-electron chi connectivity index (χ1n) is 6.26. The molecule has 0 radical (unpaired) electrons. The van der Waals surface area contributed by atoms with E-state index in [2.05, 4.69) is 5.32 Å². The van der Waals surface area contributed by atoms with Gasteiger partial charge in [-0.1, -0.05) is 12.1 Å². The van der Waals surface area contributed by atoms with E-state index in [1.54, 1.807) is 13.2 Å². The lowest BCUT2D eigenvalue weighted by Gasteiger charge is -2.39. The highest BCUT2D eigenvalue weighted by Crippen LogP contribution is 2.38. The molecule has 4 heteroatoms. The number of ether oxygens (including phenoxy) is 1. The van der Waals surface area contributed by atoms with Gasteiger partial charge in [0.2, 0.25) is 5.91 Å². The third-order valence-corrected chi connectivity index (χ3v) is 3.75. The minimum atomic E-state index is -0.248. The summed E-state index contributed by atoms with van der Waals surface area (Å²) in [4.78, 5) is 12.0. The van der Waals surface area contributed by atoms with Crippen LogP contribution in [-0.4, -0.2) is 18.6 Å². The highest BCUT2D eigenvalue weighted by Gasteiger charge is 2.39. The predicted octanol–water partition coefficient (Wildman–Crippen LogP) is 2.47. The van der Waals surface area contributed by atoms with Crippen LogP contribution >= 0.6 is 0 Å². The zero-order valence-corrected chi connectivity index (χ0v) is 11.0. The zero-order valence-electron chi connectivity index (χ0n) is 11.0. The van der Waals surface area contributed by atoms with Crippen LogP contribution in [-0.2, 0) is 9.53 Å². The molecule has 18 heavy (non-hydrogen) atoms. The number of carbonyl (C=O) groups is 1. The Kier molecular flexibility index (Phi) is 3.57. The summed E-state index contributed by atoms with van der Waals surface area (Å²) in [5.74, 6) is -0.0300. The molecule has 0 atom stereocenters. The van der Waals surface area contributed by atoms with Crippen molar-refractivity contribution in [3.63, 3.8) is 0 Å². The van der Waals surface area contributed by atoms with Gasteiger partial charge < -0.3 is 15.8 Å². The lowest BCUT2D eigenvalue weighted by molar-refractivity contribution is -0.129. The third kappa shape index (κ3) is 2.48. The lowest BCUT2D eigenvalue weighted by atomic mass is 9.77. The first-order chi connectivity index (χ1) is 8.56. The van der Waals surface area contributed by atoms with E-state index in [9.17, 15) is 4.79 Å². The molecule has 0 aromatic heterocycles. The maximum Gasteiger partial charge on any atom is 0.227 e. The Morgan fingerprint density at radius 3 is 2.72 bits per heavy atom. The second kappa shape index (κ2) is 4.98. The Bertz CT molecular complexity index is 427. The van der Waals surface area contributed by atoms with Crippen LogP contribution in [0.1, 0.15) is 31.2 Å². The van der Waals surface area contributed by atoms with E-state index in [1.807, 2.05) is 19.1 Å². The summed E-state index contributed by atoms with van der Waals surface area (Å²) in [7, 11) is 1.68. The average molecular weight is 248 g/mol. The van der Waals surface area contributed by atoms with Gasteiger partial charge in [0.05, 0.1) is 23.4 Å². The molecular formula is C14H20N2O2. The van der Waals surface area contributed by atoms with Gasteiger partial charge in [-0.25, -0.2) is 0 Å². The minimum Gasteiger partial charge on any atom is -0.397 e. The number of methoxy groups -OCH3 is 1. The van der Waals surface area contributed by atoms with E-state index >= 15 is 0 Å². The first-order valence-corrected chi connectivity index (χ1v) is 6.26. The quantitative estimate of drug-likeness (QED) is 0.804. The monoisotopic (exact) mass is 248 g/mol. The van der Waals surface area contributed by atoms with Crippen LogP contribution in [0.2, 0.25) is 0 Å². The van der Waals surface area contributed by atoms with Gasteiger partial charge in [-0.05, 0) is 37.8 Å². The highest BCUT2D eigenvalue weighted by molar-refractivity contribution is 5.95. The van der Waals surface area contributed by atoms with Crippen LogP contribution < -0.4 is 11.1 Å². The standard InChI is InChI=1S/C14H20N2O2/c1-10-5-3-6-11(15)13(10)16-12(17)9-14(18-2)7-4-8-14/h3,5-6H,4,7-9,15H2,1-2H3,(H,16,17). The average Bonchev–Trinajstić information content (AvgIpc) is 2.29. The summed E-state index contributed by atoms with van der Waals surface area (Å²) >= 11 is 0. The Morgan fingerprint density at radius 1 is 1.50 bits per heavy atom. The smallest absolute Gasteiger partial charge is 0.227 e. The molecule has 1 aliphatic rings. The molecule has 4 nitrogen and oxygen atoms in total. The minimum absolute atomic E-state index is 0.0300. The summed E-state index contributed by atoms with van der Waals surface area (Å²) in [5, 5.41) is 2.89. The summed E-state index contributed by atoms with van der Waals surface area (Å²) in [6.45, 7) is 1.93. The number of benzene rings is 1. The normalized spacial score (nSPS) is 17.0. The van der Waals surface area contributed by atoms with Crippen LogP contribution in [0.15, 0.2) is 18.2 Å². The Hall–Kier alpha value is -1.55. The molecule has 0 aliphatic heterocycles. The molecule has 1 aromatic carbocycles. The summed E-state index contributed by atoms with van der Waals surface area (Å²) in [5.41, 5.74) is 7.91. The molecule has 0 bridgehead atoms. The van der Waals surface area contributed by atoms with Crippen molar-refractivity contribution in [1.29, 1.82) is 0 Å². The van der Waals surface area contributed by atoms with Gasteiger partial charge in [0.25, 0.3) is 0 Å². The number of carbonyl (C=O) groups excluding carboxylic acids is 1. The lowest BCUT2D eigenvalue weighted by Crippen LogP contribution is -2.42. The van der Waals surface area contributed by atoms with Crippen molar-refractivity contribution in [3.8, 4) is 0 Å². The Morgan fingerprint density at radius 2 is 2.22 bits per heavy atom. The van der Waals surface area contributed by atoms with Crippen molar-refractivity contribution in [2.75, 3.05) is 18.2 Å². The maximum absolute atomic E-state index is 12.0. The molecule has 0 heterocycles. The number of hydrogen-bond donors (Lipinski definition) is 2. The van der Waals surface area contributed by atoms with Gasteiger partial charge in [0.1, 0.15) is 0 Å². The maximum atomic E-state index is 12.0. The second-order valence-electron chi connectivity index (χ2n) is 5.00. The van der Waals surface area contributed by atoms with E-state index < -0.39 is 0 Å². The van der Waals surface area contributed by atoms with Gasteiger partial charge in [0, 0.05) is 7.11 Å². The van der Waals surface area contributed by atoms with Crippen molar-refractivity contribution in [2.45, 2.75) is 38.2 Å². The molecule has 1 fully saturated rings. The molecule has 2 rings (SSSR count). The number of amides is 1. The van der Waals surface area contributed by atoms with Crippen LogP contribution in [0.5, 0.6) is 0 Å². The van der Waals surface area contributed by atoms with Crippen LogP contribution in [0.4, 0.5) is 11.4 Å². The van der Waals surface area contributed by atoms with Gasteiger partial charge in [-0.15, -0.1) is 0 Å². The first kappa shape index (κ1) is 12.9. The van der Waals surface area contributed by atoms with Crippen molar-refractivity contribution < 1.29 is 9.53 Å². The molecule has 0 unspecified atom stereocenters. The van der Waals surface area contributed by atoms with Gasteiger partial charge in [-0.2, -0.15) is 0 Å². The molecule has 98 valence electrons.